The van der Waals surface area contributed by atoms with Gasteiger partial charge in [0, 0.05) is 22.5 Å². The summed E-state index contributed by atoms with van der Waals surface area (Å²) in [7, 11) is 0. The van der Waals surface area contributed by atoms with Crippen LogP contribution in [0.2, 0.25) is 5.02 Å². The molecular weight excluding hydrogens is 511 g/mol. The minimum absolute atomic E-state index is 0.148. The van der Waals surface area contributed by atoms with Crippen LogP contribution in [0.1, 0.15) is 56.7 Å². The lowest BCUT2D eigenvalue weighted by molar-refractivity contribution is -0.123. The minimum Gasteiger partial charge on any atom is -0.354 e. The number of halogens is 2. The normalized spacial score (nSPS) is 16.1. The maximum atomic E-state index is 14.4. The highest BCUT2D eigenvalue weighted by Crippen LogP contribution is 2.49. The monoisotopic (exact) mass is 542 g/mol. The first-order valence-corrected chi connectivity index (χ1v) is 13.7. The van der Waals surface area contributed by atoms with Crippen LogP contribution in [0, 0.1) is 11.7 Å². The summed E-state index contributed by atoms with van der Waals surface area (Å²) in [5.74, 6) is -0.0244. The molecule has 0 spiro atoms. The van der Waals surface area contributed by atoms with Crippen LogP contribution in [0.4, 0.5) is 10.2 Å². The van der Waals surface area contributed by atoms with Crippen molar-refractivity contribution in [3.63, 3.8) is 0 Å². The number of hydrogen-bond donors (Lipinski definition) is 1. The molecule has 1 aromatic heterocycles. The fourth-order valence-electron chi connectivity index (χ4n) is 4.31. The van der Waals surface area contributed by atoms with Gasteiger partial charge in [-0.1, -0.05) is 70.5 Å². The molecule has 0 saturated heterocycles. The van der Waals surface area contributed by atoms with Gasteiger partial charge in [-0.3, -0.25) is 14.5 Å². The number of carbonyl (C=O) groups excluding carboxylic acids is 2. The molecule has 2 aromatic carbocycles. The summed E-state index contributed by atoms with van der Waals surface area (Å²) in [5, 5.41) is 8.13. The lowest BCUT2D eigenvalue weighted by Gasteiger charge is -2.25. The molecule has 196 valence electrons. The van der Waals surface area contributed by atoms with E-state index < -0.39 is 11.2 Å². The maximum Gasteiger partial charge on any atom is 0.240 e. The van der Waals surface area contributed by atoms with Crippen molar-refractivity contribution in [2.75, 3.05) is 23.7 Å². The third kappa shape index (κ3) is 5.85. The molecule has 4 rings (SSSR count). The third-order valence-electron chi connectivity index (χ3n) is 6.05. The third-order valence-corrected chi connectivity index (χ3v) is 7.63. The minimum atomic E-state index is -0.419. The van der Waals surface area contributed by atoms with Crippen molar-refractivity contribution < 1.29 is 14.0 Å². The number of amides is 2. The molecule has 6 nitrogen and oxygen atoms in total. The molecule has 1 aliphatic heterocycles. The molecule has 0 bridgehead atoms. The van der Waals surface area contributed by atoms with Gasteiger partial charge in [-0.25, -0.2) is 9.07 Å². The molecule has 1 aliphatic rings. The molecule has 9 heteroatoms. The van der Waals surface area contributed by atoms with Crippen LogP contribution in [0.5, 0.6) is 0 Å². The van der Waals surface area contributed by atoms with E-state index in [-0.39, 0.29) is 35.3 Å². The van der Waals surface area contributed by atoms with Crippen LogP contribution in [-0.4, -0.2) is 40.4 Å². The molecule has 0 unspecified atom stereocenters. The van der Waals surface area contributed by atoms with Gasteiger partial charge >= 0.3 is 0 Å². The Kier molecular flexibility index (Phi) is 7.99. The second-order valence-electron chi connectivity index (χ2n) is 10.6. The lowest BCUT2D eigenvalue weighted by atomic mass is 9.87. The molecule has 0 aliphatic carbocycles. The second kappa shape index (κ2) is 10.9. The Morgan fingerprint density at radius 1 is 1.22 bits per heavy atom. The van der Waals surface area contributed by atoms with E-state index in [1.165, 1.54) is 28.8 Å². The van der Waals surface area contributed by atoms with Gasteiger partial charge in [0.15, 0.2) is 0 Å². The summed E-state index contributed by atoms with van der Waals surface area (Å²) < 4.78 is 16.0. The number of nitrogens with zero attached hydrogens (tertiary/aromatic N) is 3. The molecule has 3 aromatic rings. The first kappa shape index (κ1) is 27.2. The highest BCUT2D eigenvalue weighted by atomic mass is 35.5. The molecule has 0 saturated carbocycles. The molecular formula is C28H32ClFN4O2S. The van der Waals surface area contributed by atoms with E-state index in [0.29, 0.717) is 23.1 Å². The Hall–Kier alpha value is -2.84. The van der Waals surface area contributed by atoms with Gasteiger partial charge in [-0.2, -0.15) is 5.10 Å². The average molecular weight is 543 g/mol. The molecule has 2 amide bonds. The second-order valence-corrected chi connectivity index (χ2v) is 12.1. The van der Waals surface area contributed by atoms with Crippen molar-refractivity contribution in [3.8, 4) is 5.69 Å². The summed E-state index contributed by atoms with van der Waals surface area (Å²) in [5.41, 5.74) is 2.47. The Morgan fingerprint density at radius 3 is 2.59 bits per heavy atom. The summed E-state index contributed by atoms with van der Waals surface area (Å²) in [6.07, 6.45) is 0. The highest BCUT2D eigenvalue weighted by molar-refractivity contribution is 8.00. The van der Waals surface area contributed by atoms with Crippen molar-refractivity contribution in [3.05, 3.63) is 76.2 Å². The van der Waals surface area contributed by atoms with Crippen LogP contribution < -0.4 is 10.2 Å². The Labute approximate surface area is 226 Å². The maximum absolute atomic E-state index is 14.4. The standard InChI is InChI=1S/C28H32ClFN4O2S/c1-17(2)14-31-22(35)15-33-23(36)16-37-25(20-11-6-7-12-21(20)29)24-26(28(3,4)5)32-34(27(24)33)19-10-8-9-18(30)13-19/h6-13,17,25H,14-16H2,1-5H3,(H,31,35)/t25-/m1/s1. The van der Waals surface area contributed by atoms with E-state index in [1.807, 2.05) is 58.9 Å². The summed E-state index contributed by atoms with van der Waals surface area (Å²) in [4.78, 5) is 28.1. The van der Waals surface area contributed by atoms with Crippen LogP contribution in [-0.2, 0) is 15.0 Å². The van der Waals surface area contributed by atoms with Crippen molar-refractivity contribution in [2.24, 2.45) is 5.92 Å². The zero-order valence-corrected chi connectivity index (χ0v) is 23.3. The van der Waals surface area contributed by atoms with Gasteiger partial charge in [0.05, 0.1) is 22.4 Å². The molecule has 0 radical (unpaired) electrons. The van der Waals surface area contributed by atoms with Crippen LogP contribution in [0.25, 0.3) is 5.69 Å². The predicted octanol–water partition coefficient (Wildman–Crippen LogP) is 5.90. The smallest absolute Gasteiger partial charge is 0.240 e. The van der Waals surface area contributed by atoms with Gasteiger partial charge in [0.25, 0.3) is 0 Å². The van der Waals surface area contributed by atoms with Crippen molar-refractivity contribution in [1.29, 1.82) is 0 Å². The quantitative estimate of drug-likeness (QED) is 0.421. The highest BCUT2D eigenvalue weighted by Gasteiger charge is 2.40. The molecule has 1 N–H and O–H groups in total. The number of carbonyl (C=O) groups is 2. The van der Waals surface area contributed by atoms with Gasteiger partial charge in [-0.15, -0.1) is 11.8 Å². The lowest BCUT2D eigenvalue weighted by Crippen LogP contribution is -2.43. The summed E-state index contributed by atoms with van der Waals surface area (Å²) in [6, 6.07) is 13.6. The topological polar surface area (TPSA) is 67.2 Å². The van der Waals surface area contributed by atoms with E-state index in [9.17, 15) is 14.0 Å². The number of benzene rings is 2. The van der Waals surface area contributed by atoms with E-state index in [4.69, 9.17) is 16.7 Å². The van der Waals surface area contributed by atoms with Gasteiger partial charge in [0.2, 0.25) is 11.8 Å². The molecule has 1 atom stereocenters. The summed E-state index contributed by atoms with van der Waals surface area (Å²) in [6.45, 7) is 10.5. The number of anilines is 1. The number of nitrogens with one attached hydrogen (secondary N) is 1. The van der Waals surface area contributed by atoms with Crippen LogP contribution >= 0.6 is 23.4 Å². The predicted molar refractivity (Wildman–Crippen MR) is 148 cm³/mol. The number of fused-ring (bicyclic) bond motifs is 1. The molecule has 0 fully saturated rings. The largest absolute Gasteiger partial charge is 0.354 e. The molecule has 2 heterocycles. The van der Waals surface area contributed by atoms with Gasteiger partial charge < -0.3 is 5.32 Å². The Balaban J connectivity index is 1.99. The Bertz CT molecular complexity index is 1320. The fourth-order valence-corrected chi connectivity index (χ4v) is 5.86. The number of rotatable bonds is 6. The van der Waals surface area contributed by atoms with E-state index >= 15 is 0 Å². The number of aromatic nitrogens is 2. The summed E-state index contributed by atoms with van der Waals surface area (Å²) >= 11 is 8.12. The van der Waals surface area contributed by atoms with Crippen LogP contribution in [0.15, 0.2) is 48.5 Å². The zero-order valence-electron chi connectivity index (χ0n) is 21.7. The van der Waals surface area contributed by atoms with E-state index in [1.54, 1.807) is 16.8 Å². The van der Waals surface area contributed by atoms with Crippen molar-refractivity contribution in [2.45, 2.75) is 45.3 Å². The first-order chi connectivity index (χ1) is 17.5. The SMILES string of the molecule is CC(C)CNC(=O)CN1C(=O)CS[C@H](c2ccccc2Cl)c2c(C(C)(C)C)nn(-c3cccc(F)c3)c21. The van der Waals surface area contributed by atoms with Gasteiger partial charge in [-0.05, 0) is 35.7 Å². The first-order valence-electron chi connectivity index (χ1n) is 12.3. The Morgan fingerprint density at radius 2 is 1.95 bits per heavy atom. The average Bonchev–Trinajstić information content (AvgIpc) is 3.17. The fraction of sp³-hybridized carbons (Fsp3) is 0.393. The van der Waals surface area contributed by atoms with E-state index in [0.717, 1.165) is 16.8 Å². The van der Waals surface area contributed by atoms with Gasteiger partial charge in [0.1, 0.15) is 18.2 Å². The number of hydrogen-bond acceptors (Lipinski definition) is 4. The van der Waals surface area contributed by atoms with Crippen LogP contribution in [0.3, 0.4) is 0 Å². The van der Waals surface area contributed by atoms with Crippen molar-refractivity contribution >= 4 is 41.0 Å². The van der Waals surface area contributed by atoms with Crippen molar-refractivity contribution in [1.82, 2.24) is 15.1 Å². The van der Waals surface area contributed by atoms with E-state index in [2.05, 4.69) is 5.32 Å². The molecule has 37 heavy (non-hydrogen) atoms. The number of thioether (sulfide) groups is 1. The zero-order chi connectivity index (χ0) is 26.9.